The predicted octanol–water partition coefficient (Wildman–Crippen LogP) is 4.51. The number of amides is 6. The van der Waals surface area contributed by atoms with Crippen LogP contribution in [0.1, 0.15) is 77.8 Å². The standard InChI is InChI=1S/C42H36N8O10/c1-22(2)60-36-31(18-16-30(35(36)52)39(55)46-27-14-8-26(9-15-27)42(58)59)49-37(53)24-4-12-29(13-5-24)48-41(57)33(19-34(44)51)50-38(54)25-6-10-28(11-7-25)47-40(56)32-17-3-23(20-43)21-45-32/h3-18,21-22,33,52H,19H2,1-2H3,(H2,44,51)(H,46,55)(H,47,56)(H,48,57)(H,49,53)(H,50,54)(H,58,59)/t33-/m0/s1. The van der Waals surface area contributed by atoms with E-state index < -0.39 is 65.7 Å². The van der Waals surface area contributed by atoms with Crippen LogP contribution in [0.15, 0.2) is 103 Å². The van der Waals surface area contributed by atoms with Crippen LogP contribution < -0.4 is 37.1 Å². The van der Waals surface area contributed by atoms with Gasteiger partial charge in [0.1, 0.15) is 17.8 Å². The maximum absolute atomic E-state index is 13.3. The van der Waals surface area contributed by atoms with Gasteiger partial charge in [0, 0.05) is 34.4 Å². The molecule has 1 heterocycles. The van der Waals surface area contributed by atoms with Crippen LogP contribution in [0.5, 0.6) is 11.5 Å². The number of primary amides is 1. The second-order valence-corrected chi connectivity index (χ2v) is 13.1. The Hall–Kier alpha value is -8.59. The van der Waals surface area contributed by atoms with Gasteiger partial charge in [0.05, 0.1) is 34.9 Å². The van der Waals surface area contributed by atoms with Crippen molar-refractivity contribution in [2.24, 2.45) is 5.73 Å². The van der Waals surface area contributed by atoms with Crippen molar-refractivity contribution < 1.29 is 48.5 Å². The molecule has 18 heteroatoms. The van der Waals surface area contributed by atoms with Crippen LogP contribution in [0, 0.1) is 11.3 Å². The van der Waals surface area contributed by atoms with E-state index in [-0.39, 0.29) is 56.3 Å². The van der Waals surface area contributed by atoms with Gasteiger partial charge in [0.15, 0.2) is 11.5 Å². The van der Waals surface area contributed by atoms with Gasteiger partial charge in [-0.3, -0.25) is 28.8 Å². The van der Waals surface area contributed by atoms with E-state index in [0.29, 0.717) is 5.69 Å². The minimum atomic E-state index is -1.39. The molecule has 0 bridgehead atoms. The highest BCUT2D eigenvalue weighted by atomic mass is 16.5. The number of carbonyl (C=O) groups is 7. The summed E-state index contributed by atoms with van der Waals surface area (Å²) in [6.07, 6.45) is 0.227. The van der Waals surface area contributed by atoms with E-state index >= 15 is 0 Å². The van der Waals surface area contributed by atoms with E-state index in [1.165, 1.54) is 103 Å². The molecule has 0 aliphatic heterocycles. The lowest BCUT2D eigenvalue weighted by atomic mass is 10.1. The summed E-state index contributed by atoms with van der Waals surface area (Å²) < 4.78 is 5.76. The van der Waals surface area contributed by atoms with Crippen molar-refractivity contribution in [3.05, 3.63) is 137 Å². The summed E-state index contributed by atoms with van der Waals surface area (Å²) >= 11 is 0. The van der Waals surface area contributed by atoms with Gasteiger partial charge in [-0.25, -0.2) is 9.78 Å². The van der Waals surface area contributed by atoms with Crippen LogP contribution >= 0.6 is 0 Å². The quantitative estimate of drug-likeness (QED) is 0.0724. The molecular formula is C42H36N8O10. The first-order valence-corrected chi connectivity index (χ1v) is 17.9. The molecule has 0 spiro atoms. The molecular weight excluding hydrogens is 777 g/mol. The maximum atomic E-state index is 13.3. The fraction of sp³-hybridized carbons (Fsp3) is 0.119. The second-order valence-electron chi connectivity index (χ2n) is 13.1. The van der Waals surface area contributed by atoms with Crippen molar-refractivity contribution >= 4 is 64.2 Å². The number of anilines is 4. The number of benzene rings is 4. The minimum absolute atomic E-state index is 0.0186. The van der Waals surface area contributed by atoms with E-state index in [1.54, 1.807) is 13.8 Å². The number of hydrogen-bond donors (Lipinski definition) is 8. The molecule has 1 aromatic heterocycles. The number of carbonyl (C=O) groups excluding carboxylic acids is 6. The first-order valence-electron chi connectivity index (χ1n) is 17.9. The van der Waals surface area contributed by atoms with E-state index in [1.807, 2.05) is 6.07 Å². The number of aromatic carboxylic acids is 1. The van der Waals surface area contributed by atoms with Crippen molar-refractivity contribution in [2.75, 3.05) is 21.3 Å². The highest BCUT2D eigenvalue weighted by Crippen LogP contribution is 2.39. The average molecular weight is 813 g/mol. The van der Waals surface area contributed by atoms with Gasteiger partial charge in [-0.05, 0) is 111 Å². The number of hydrogen-bond acceptors (Lipinski definition) is 11. The number of carboxylic acids is 1. The summed E-state index contributed by atoms with van der Waals surface area (Å²) in [5.74, 6) is -6.18. The number of phenols is 1. The Kier molecular flexibility index (Phi) is 13.5. The van der Waals surface area contributed by atoms with Crippen LogP contribution in [-0.2, 0) is 9.59 Å². The Bertz CT molecular complexity index is 2500. The molecule has 5 aromatic rings. The van der Waals surface area contributed by atoms with E-state index in [2.05, 4.69) is 31.6 Å². The SMILES string of the molecule is CC(C)Oc1c(NC(=O)c2ccc(NC(=O)[C@H](CC(N)=O)NC(=O)c3ccc(NC(=O)c4ccc(C#N)cn4)cc3)cc2)ccc(C(=O)Nc2ccc(C(=O)O)cc2)c1O. The predicted molar refractivity (Wildman–Crippen MR) is 217 cm³/mol. The van der Waals surface area contributed by atoms with Crippen molar-refractivity contribution in [3.8, 4) is 17.6 Å². The van der Waals surface area contributed by atoms with Gasteiger partial charge in [-0.2, -0.15) is 5.26 Å². The number of carboxylic acid groups (broad SMARTS) is 1. The van der Waals surface area contributed by atoms with E-state index in [0.717, 1.165) is 0 Å². The second kappa shape index (κ2) is 19.0. The smallest absolute Gasteiger partial charge is 0.335 e. The normalized spacial score (nSPS) is 11.0. The Morgan fingerprint density at radius 2 is 1.25 bits per heavy atom. The molecule has 18 nitrogen and oxygen atoms in total. The molecule has 0 aliphatic carbocycles. The maximum Gasteiger partial charge on any atom is 0.335 e. The van der Waals surface area contributed by atoms with Gasteiger partial charge >= 0.3 is 5.97 Å². The molecule has 5 rings (SSSR count). The molecule has 4 aromatic carbocycles. The first-order chi connectivity index (χ1) is 28.6. The fourth-order valence-corrected chi connectivity index (χ4v) is 5.38. The van der Waals surface area contributed by atoms with Crippen LogP contribution in [0.3, 0.4) is 0 Å². The number of nitriles is 1. The van der Waals surface area contributed by atoms with E-state index in [9.17, 15) is 38.7 Å². The van der Waals surface area contributed by atoms with E-state index in [4.69, 9.17) is 20.8 Å². The lowest BCUT2D eigenvalue weighted by Gasteiger charge is -2.19. The zero-order chi connectivity index (χ0) is 43.5. The van der Waals surface area contributed by atoms with Crippen molar-refractivity contribution in [1.82, 2.24) is 10.3 Å². The molecule has 60 heavy (non-hydrogen) atoms. The molecule has 0 saturated heterocycles. The monoisotopic (exact) mass is 812 g/mol. The lowest BCUT2D eigenvalue weighted by Crippen LogP contribution is -2.46. The number of aromatic hydroxyl groups is 1. The number of aromatic nitrogens is 1. The summed E-state index contributed by atoms with van der Waals surface area (Å²) in [6.45, 7) is 3.35. The molecule has 0 saturated carbocycles. The number of rotatable bonds is 15. The number of nitrogens with zero attached hydrogens (tertiary/aromatic N) is 2. The summed E-state index contributed by atoms with van der Waals surface area (Å²) in [7, 11) is 0. The Labute approximate surface area is 341 Å². The highest BCUT2D eigenvalue weighted by molar-refractivity contribution is 6.10. The van der Waals surface area contributed by atoms with Crippen LogP contribution in [0.25, 0.3) is 0 Å². The molecule has 1 atom stereocenters. The molecule has 9 N–H and O–H groups in total. The largest absolute Gasteiger partial charge is 0.504 e. The van der Waals surface area contributed by atoms with Gasteiger partial charge in [0.25, 0.3) is 23.6 Å². The third-order valence-corrected chi connectivity index (χ3v) is 8.34. The summed E-state index contributed by atoms with van der Waals surface area (Å²) in [5.41, 5.74) is 6.61. The summed E-state index contributed by atoms with van der Waals surface area (Å²) in [6, 6.07) is 22.6. The molecule has 0 unspecified atom stereocenters. The zero-order valence-electron chi connectivity index (χ0n) is 31.8. The van der Waals surface area contributed by atoms with Gasteiger partial charge in [0.2, 0.25) is 11.8 Å². The number of phenolic OH excluding ortho intramolecular Hbond substituents is 1. The third-order valence-electron chi connectivity index (χ3n) is 8.34. The van der Waals surface area contributed by atoms with Crippen LogP contribution in [0.4, 0.5) is 22.7 Å². The molecule has 0 aliphatic rings. The topological polar surface area (TPSA) is 292 Å². The highest BCUT2D eigenvalue weighted by Gasteiger charge is 2.25. The Morgan fingerprint density at radius 3 is 1.77 bits per heavy atom. The number of nitrogens with one attached hydrogen (secondary N) is 5. The van der Waals surface area contributed by atoms with Crippen molar-refractivity contribution in [3.63, 3.8) is 0 Å². The van der Waals surface area contributed by atoms with Crippen molar-refractivity contribution in [2.45, 2.75) is 32.4 Å². The van der Waals surface area contributed by atoms with Crippen LogP contribution in [0.2, 0.25) is 0 Å². The van der Waals surface area contributed by atoms with Gasteiger partial charge < -0.3 is 47.3 Å². The van der Waals surface area contributed by atoms with Gasteiger partial charge in [-0.15, -0.1) is 0 Å². The Morgan fingerprint density at radius 1 is 0.700 bits per heavy atom. The number of ether oxygens (including phenoxy) is 1. The molecule has 304 valence electrons. The molecule has 0 fully saturated rings. The fourth-order valence-electron chi connectivity index (χ4n) is 5.38. The first kappa shape index (κ1) is 42.6. The Balaban J connectivity index is 1.21. The minimum Gasteiger partial charge on any atom is -0.504 e. The zero-order valence-corrected chi connectivity index (χ0v) is 31.8. The number of pyridine rings is 1. The summed E-state index contributed by atoms with van der Waals surface area (Å²) in [4.78, 5) is 92.0. The third kappa shape index (κ3) is 11.0. The summed E-state index contributed by atoms with van der Waals surface area (Å²) in [5, 5.41) is 41.9. The van der Waals surface area contributed by atoms with Crippen molar-refractivity contribution in [1.29, 1.82) is 5.26 Å². The number of nitrogens with two attached hydrogens (primary N) is 1. The molecule has 0 radical (unpaired) electrons. The molecule has 6 amide bonds. The van der Waals surface area contributed by atoms with Crippen LogP contribution in [-0.4, -0.2) is 68.8 Å². The average Bonchev–Trinajstić information content (AvgIpc) is 3.22. The van der Waals surface area contributed by atoms with Gasteiger partial charge in [-0.1, -0.05) is 0 Å². The lowest BCUT2D eigenvalue weighted by molar-refractivity contribution is -0.123.